The van der Waals surface area contributed by atoms with Crippen molar-refractivity contribution in [2.75, 3.05) is 37.6 Å². The van der Waals surface area contributed by atoms with Crippen molar-refractivity contribution in [1.82, 2.24) is 14.8 Å². The van der Waals surface area contributed by atoms with Gasteiger partial charge in [-0.2, -0.15) is 0 Å². The maximum absolute atomic E-state index is 13.2. The van der Waals surface area contributed by atoms with Gasteiger partial charge in [0.15, 0.2) is 0 Å². The number of hydrogen-bond acceptors (Lipinski definition) is 4. The van der Waals surface area contributed by atoms with Gasteiger partial charge in [-0.3, -0.25) is 14.7 Å². The molecular weight excluding hydrogens is 367 g/mol. The topological polar surface area (TPSA) is 39.7 Å². The monoisotopic (exact) mass is 396 g/mol. The first-order valence-corrected chi connectivity index (χ1v) is 10.5. The van der Waals surface area contributed by atoms with Crippen molar-refractivity contribution >= 4 is 11.6 Å². The van der Waals surface area contributed by atoms with Crippen LogP contribution in [0.3, 0.4) is 0 Å². The molecule has 6 heteroatoms. The van der Waals surface area contributed by atoms with Gasteiger partial charge in [-0.25, -0.2) is 4.39 Å². The summed E-state index contributed by atoms with van der Waals surface area (Å²) in [5.74, 6) is -0.0415. The van der Waals surface area contributed by atoms with E-state index >= 15 is 0 Å². The predicted octanol–water partition coefficient (Wildman–Crippen LogP) is 3.53. The zero-order valence-electron chi connectivity index (χ0n) is 17.3. The van der Waals surface area contributed by atoms with Crippen molar-refractivity contribution in [3.05, 3.63) is 59.2 Å². The first-order chi connectivity index (χ1) is 14.0. The number of piperazine rings is 1. The molecule has 0 saturated carbocycles. The largest absolute Gasteiger partial charge is 0.368 e. The lowest BCUT2D eigenvalue weighted by molar-refractivity contribution is -0.129. The molecule has 0 aliphatic carbocycles. The molecule has 3 heterocycles. The Morgan fingerprint density at radius 2 is 1.83 bits per heavy atom. The lowest BCUT2D eigenvalue weighted by atomic mass is 10.1. The zero-order valence-corrected chi connectivity index (χ0v) is 17.3. The van der Waals surface area contributed by atoms with Crippen LogP contribution in [0, 0.1) is 12.7 Å². The molecule has 4 rings (SSSR count). The standard InChI is InChI=1S/C23H29FN4O/c1-17-14-21(27-12-10-26(11-13-27)18(2)29)15-22(25-17)23-4-3-9-28(23)16-19-5-7-20(24)8-6-19/h5-8,14-15,23H,3-4,9-13,16H2,1-2H3. The van der Waals surface area contributed by atoms with Gasteiger partial charge >= 0.3 is 0 Å². The summed E-state index contributed by atoms with van der Waals surface area (Å²) in [6.07, 6.45) is 2.24. The highest BCUT2D eigenvalue weighted by atomic mass is 19.1. The Labute approximate surface area is 172 Å². The van der Waals surface area contributed by atoms with Crippen LogP contribution >= 0.6 is 0 Å². The Morgan fingerprint density at radius 3 is 2.52 bits per heavy atom. The van der Waals surface area contributed by atoms with E-state index in [9.17, 15) is 9.18 Å². The van der Waals surface area contributed by atoms with Crippen molar-refractivity contribution in [3.8, 4) is 0 Å². The second-order valence-corrected chi connectivity index (χ2v) is 8.14. The summed E-state index contributed by atoms with van der Waals surface area (Å²) >= 11 is 0. The van der Waals surface area contributed by atoms with E-state index in [1.807, 2.05) is 17.0 Å². The molecule has 1 atom stereocenters. The van der Waals surface area contributed by atoms with Gasteiger partial charge in [-0.15, -0.1) is 0 Å². The molecular formula is C23H29FN4O. The number of amides is 1. The average molecular weight is 397 g/mol. The van der Waals surface area contributed by atoms with Gasteiger partial charge in [0.2, 0.25) is 5.91 Å². The summed E-state index contributed by atoms with van der Waals surface area (Å²) in [7, 11) is 0. The summed E-state index contributed by atoms with van der Waals surface area (Å²) in [5.41, 5.74) is 4.48. The maximum Gasteiger partial charge on any atom is 0.219 e. The first kappa shape index (κ1) is 19.8. The van der Waals surface area contributed by atoms with Crippen molar-refractivity contribution < 1.29 is 9.18 Å². The minimum absolute atomic E-state index is 0.152. The van der Waals surface area contributed by atoms with Gasteiger partial charge in [0.1, 0.15) is 5.82 Å². The highest BCUT2D eigenvalue weighted by Crippen LogP contribution is 2.34. The third-order valence-corrected chi connectivity index (χ3v) is 6.05. The quantitative estimate of drug-likeness (QED) is 0.793. The van der Waals surface area contributed by atoms with Crippen LogP contribution in [0.4, 0.5) is 10.1 Å². The summed E-state index contributed by atoms with van der Waals surface area (Å²) in [5, 5.41) is 0. The van der Waals surface area contributed by atoms with E-state index < -0.39 is 0 Å². The predicted molar refractivity (Wildman–Crippen MR) is 112 cm³/mol. The maximum atomic E-state index is 13.2. The van der Waals surface area contributed by atoms with Crippen LogP contribution in [0.1, 0.15) is 42.8 Å². The Bertz CT molecular complexity index is 862. The van der Waals surface area contributed by atoms with E-state index in [-0.39, 0.29) is 17.8 Å². The van der Waals surface area contributed by atoms with Gasteiger partial charge in [-0.1, -0.05) is 12.1 Å². The number of rotatable bonds is 4. The zero-order chi connectivity index (χ0) is 20.4. The number of anilines is 1. The van der Waals surface area contributed by atoms with E-state index in [0.717, 1.165) is 69.1 Å². The van der Waals surface area contributed by atoms with E-state index in [4.69, 9.17) is 4.98 Å². The van der Waals surface area contributed by atoms with Gasteiger partial charge in [0.05, 0.1) is 11.7 Å². The molecule has 0 radical (unpaired) electrons. The highest BCUT2D eigenvalue weighted by molar-refractivity contribution is 5.73. The van der Waals surface area contributed by atoms with Crippen molar-refractivity contribution in [2.45, 2.75) is 39.3 Å². The van der Waals surface area contributed by atoms with Crippen LogP contribution in [-0.4, -0.2) is 53.4 Å². The van der Waals surface area contributed by atoms with Gasteiger partial charge in [0, 0.05) is 51.0 Å². The van der Waals surface area contributed by atoms with Crippen molar-refractivity contribution in [2.24, 2.45) is 0 Å². The number of carbonyl (C=O) groups excluding carboxylic acids is 1. The molecule has 154 valence electrons. The number of hydrogen-bond donors (Lipinski definition) is 0. The Balaban J connectivity index is 1.50. The van der Waals surface area contributed by atoms with Gasteiger partial charge in [-0.05, 0) is 56.1 Å². The van der Waals surface area contributed by atoms with Gasteiger partial charge < -0.3 is 9.80 Å². The normalized spacial score (nSPS) is 20.3. The fourth-order valence-corrected chi connectivity index (χ4v) is 4.48. The molecule has 2 saturated heterocycles. The van der Waals surface area contributed by atoms with Crippen LogP contribution in [0.25, 0.3) is 0 Å². The molecule has 1 unspecified atom stereocenters. The molecule has 0 spiro atoms. The number of nitrogens with zero attached hydrogens (tertiary/aromatic N) is 4. The van der Waals surface area contributed by atoms with Crippen LogP contribution in [-0.2, 0) is 11.3 Å². The molecule has 2 aliphatic rings. The van der Waals surface area contributed by atoms with Crippen LogP contribution < -0.4 is 4.90 Å². The Kier molecular flexibility index (Phi) is 5.81. The summed E-state index contributed by atoms with van der Waals surface area (Å²) in [6, 6.07) is 11.5. The summed E-state index contributed by atoms with van der Waals surface area (Å²) in [4.78, 5) is 23.2. The minimum atomic E-state index is -0.193. The average Bonchev–Trinajstić information content (AvgIpc) is 3.17. The molecule has 2 aromatic rings. The van der Waals surface area contributed by atoms with Crippen LogP contribution in [0.5, 0.6) is 0 Å². The number of halogens is 1. The number of benzene rings is 1. The van der Waals surface area contributed by atoms with Crippen LogP contribution in [0.15, 0.2) is 36.4 Å². The summed E-state index contributed by atoms with van der Waals surface area (Å²) < 4.78 is 13.2. The third kappa shape index (κ3) is 4.58. The van der Waals surface area contributed by atoms with E-state index in [1.54, 1.807) is 6.92 Å². The lowest BCUT2D eigenvalue weighted by Crippen LogP contribution is -2.48. The fourth-order valence-electron chi connectivity index (χ4n) is 4.48. The SMILES string of the molecule is CC(=O)N1CCN(c2cc(C)nc(C3CCCN3Cc3ccc(F)cc3)c2)CC1. The van der Waals surface area contributed by atoms with Gasteiger partial charge in [0.25, 0.3) is 0 Å². The number of aryl methyl sites for hydroxylation is 1. The molecule has 1 amide bonds. The summed E-state index contributed by atoms with van der Waals surface area (Å²) in [6.45, 7) is 8.78. The number of pyridine rings is 1. The smallest absolute Gasteiger partial charge is 0.219 e. The molecule has 1 aromatic heterocycles. The second kappa shape index (κ2) is 8.49. The molecule has 0 N–H and O–H groups in total. The molecule has 5 nitrogen and oxygen atoms in total. The fraction of sp³-hybridized carbons (Fsp3) is 0.478. The number of aromatic nitrogens is 1. The van der Waals surface area contributed by atoms with E-state index in [0.29, 0.717) is 0 Å². The highest BCUT2D eigenvalue weighted by Gasteiger charge is 2.28. The van der Waals surface area contributed by atoms with Crippen molar-refractivity contribution in [1.29, 1.82) is 0 Å². The molecule has 2 fully saturated rings. The lowest BCUT2D eigenvalue weighted by Gasteiger charge is -2.36. The van der Waals surface area contributed by atoms with Crippen molar-refractivity contribution in [3.63, 3.8) is 0 Å². The van der Waals surface area contributed by atoms with E-state index in [1.165, 1.54) is 17.8 Å². The molecule has 0 bridgehead atoms. The van der Waals surface area contributed by atoms with E-state index in [2.05, 4.69) is 28.9 Å². The Hall–Kier alpha value is -2.47. The number of carbonyl (C=O) groups is 1. The first-order valence-electron chi connectivity index (χ1n) is 10.5. The Morgan fingerprint density at radius 1 is 1.10 bits per heavy atom. The third-order valence-electron chi connectivity index (χ3n) is 6.05. The second-order valence-electron chi connectivity index (χ2n) is 8.14. The molecule has 1 aromatic carbocycles. The molecule has 2 aliphatic heterocycles. The minimum Gasteiger partial charge on any atom is -0.368 e. The number of likely N-dealkylation sites (tertiary alicyclic amines) is 1. The van der Waals surface area contributed by atoms with Crippen LogP contribution in [0.2, 0.25) is 0 Å². The molecule has 29 heavy (non-hydrogen) atoms.